The molecule has 0 radical (unpaired) electrons. The van der Waals surface area contributed by atoms with E-state index >= 15 is 0 Å². The van der Waals surface area contributed by atoms with Crippen LogP contribution in [-0.4, -0.2) is 61.5 Å². The number of allylic oxidation sites excluding steroid dienone is 1. The van der Waals surface area contributed by atoms with Crippen LogP contribution in [0.25, 0.3) is 0 Å². The summed E-state index contributed by atoms with van der Waals surface area (Å²) in [6.07, 6.45) is 0.355. The van der Waals surface area contributed by atoms with Gasteiger partial charge < -0.3 is 28.1 Å². The zero-order valence-corrected chi connectivity index (χ0v) is 26.3. The Morgan fingerprint density at radius 1 is 0.842 bits per heavy atom. The molecule has 8 heteroatoms. The van der Waals surface area contributed by atoms with Crippen molar-refractivity contribution in [1.29, 1.82) is 0 Å². The molecule has 0 aliphatic heterocycles. The Morgan fingerprint density at radius 3 is 1.84 bits per heavy atom. The topological polar surface area (TPSA) is 72.5 Å². The lowest BCUT2D eigenvalue weighted by atomic mass is 9.59. The van der Waals surface area contributed by atoms with Gasteiger partial charge in [0, 0.05) is 25.7 Å². The van der Waals surface area contributed by atoms with E-state index in [9.17, 15) is 4.79 Å². The predicted octanol–water partition coefficient (Wildman–Crippen LogP) is 6.48. The molecule has 0 aromatic heterocycles. The molecule has 2 bridgehead atoms. The summed E-state index contributed by atoms with van der Waals surface area (Å²) in [4.78, 5) is 14.2. The van der Waals surface area contributed by atoms with E-state index in [4.69, 9.17) is 28.1 Å². The van der Waals surface area contributed by atoms with Crippen LogP contribution in [0.3, 0.4) is 0 Å². The van der Waals surface area contributed by atoms with Crippen molar-refractivity contribution in [3.8, 4) is 11.5 Å². The van der Waals surface area contributed by atoms with E-state index in [1.165, 1.54) is 0 Å². The van der Waals surface area contributed by atoms with Crippen molar-refractivity contribution in [2.24, 2.45) is 11.8 Å². The van der Waals surface area contributed by atoms with Gasteiger partial charge in [0.1, 0.15) is 5.76 Å². The van der Waals surface area contributed by atoms with Crippen LogP contribution in [0.15, 0.2) is 29.5 Å². The van der Waals surface area contributed by atoms with Crippen LogP contribution < -0.4 is 9.47 Å². The first-order valence-corrected chi connectivity index (χ1v) is 15.8. The summed E-state index contributed by atoms with van der Waals surface area (Å²) >= 11 is 0. The second kappa shape index (κ2) is 11.7. The quantitative estimate of drug-likeness (QED) is 0.232. The number of ketones is 1. The third-order valence-corrected chi connectivity index (χ3v) is 15.3. The van der Waals surface area contributed by atoms with Gasteiger partial charge in [-0.2, -0.15) is 0 Å². The Labute approximate surface area is 230 Å². The summed E-state index contributed by atoms with van der Waals surface area (Å²) in [6, 6.07) is 5.88. The van der Waals surface area contributed by atoms with E-state index in [1.54, 1.807) is 35.5 Å². The van der Waals surface area contributed by atoms with E-state index < -0.39 is 20.0 Å². The molecule has 1 saturated carbocycles. The van der Waals surface area contributed by atoms with Crippen LogP contribution in [0.5, 0.6) is 11.5 Å². The van der Waals surface area contributed by atoms with Crippen molar-refractivity contribution in [3.05, 3.63) is 35.1 Å². The van der Waals surface area contributed by atoms with Gasteiger partial charge in [-0.25, -0.2) is 0 Å². The number of Topliss-reactive ketones (excluding diaryl/α,β-unsaturated/α-hetero) is 1. The number of fused-ring (bicyclic) bond motifs is 2. The van der Waals surface area contributed by atoms with E-state index in [0.717, 1.165) is 5.56 Å². The highest BCUT2D eigenvalue weighted by atomic mass is 28.4. The molecule has 2 aliphatic carbocycles. The standard InChI is InChI=1S/C30H48O7Si/c1-17(2)38(18(3)4,19(5)6)37-25-16-22-29(34-10)20(7)28(31)27(30(22,35-11)36-12)26(25)21-13-14-23(32-8)24(15-21)33-9/h13-15,17-19,22,25-27H,16H2,1-12H3/t22-,25+,26-,27+/m1/s1. The van der Waals surface area contributed by atoms with Gasteiger partial charge in [0.25, 0.3) is 0 Å². The van der Waals surface area contributed by atoms with E-state index in [0.29, 0.717) is 45.9 Å². The molecule has 1 aromatic carbocycles. The number of benzene rings is 1. The molecular formula is C30H48O7Si. The molecule has 0 unspecified atom stereocenters. The fourth-order valence-electron chi connectivity index (χ4n) is 7.65. The lowest BCUT2D eigenvalue weighted by Gasteiger charge is -2.57. The predicted molar refractivity (Wildman–Crippen MR) is 151 cm³/mol. The summed E-state index contributed by atoms with van der Waals surface area (Å²) < 4.78 is 36.9. The average molecular weight is 549 g/mol. The van der Waals surface area contributed by atoms with Crippen LogP contribution in [0.2, 0.25) is 16.6 Å². The largest absolute Gasteiger partial charge is 0.500 e. The van der Waals surface area contributed by atoms with E-state index in [1.807, 2.05) is 25.1 Å². The Bertz CT molecular complexity index is 1010. The van der Waals surface area contributed by atoms with Crippen molar-refractivity contribution < 1.29 is 32.9 Å². The molecule has 2 aliphatic rings. The summed E-state index contributed by atoms with van der Waals surface area (Å²) in [5.41, 5.74) is 2.73. The number of carbonyl (C=O) groups excluding carboxylic acids is 1. The maximum absolute atomic E-state index is 14.2. The second-order valence-corrected chi connectivity index (χ2v) is 17.0. The van der Waals surface area contributed by atoms with Crippen LogP contribution in [-0.2, 0) is 23.4 Å². The minimum absolute atomic E-state index is 0.0409. The number of rotatable bonds is 11. The third kappa shape index (κ3) is 4.61. The number of hydrogen-bond acceptors (Lipinski definition) is 7. The zero-order chi connectivity index (χ0) is 28.6. The molecule has 1 fully saturated rings. The molecule has 3 rings (SSSR count). The number of hydrogen-bond donors (Lipinski definition) is 0. The van der Waals surface area contributed by atoms with Crippen LogP contribution in [0, 0.1) is 11.8 Å². The molecule has 4 atom stereocenters. The Morgan fingerprint density at radius 2 is 1.39 bits per heavy atom. The summed E-state index contributed by atoms with van der Waals surface area (Å²) in [6.45, 7) is 15.5. The van der Waals surface area contributed by atoms with Crippen molar-refractivity contribution in [2.45, 2.75) is 89.3 Å². The highest BCUT2D eigenvalue weighted by Gasteiger charge is 2.65. The molecule has 214 valence electrons. The van der Waals surface area contributed by atoms with Gasteiger partial charge in [-0.15, -0.1) is 0 Å². The highest BCUT2D eigenvalue weighted by Crippen LogP contribution is 2.58. The third-order valence-electron chi connectivity index (χ3n) is 9.20. The Balaban J connectivity index is 2.33. The van der Waals surface area contributed by atoms with Gasteiger partial charge in [0.05, 0.1) is 39.3 Å². The molecule has 0 amide bonds. The number of methoxy groups -OCH3 is 5. The van der Waals surface area contributed by atoms with Gasteiger partial charge in [0.15, 0.2) is 23.1 Å². The molecule has 0 heterocycles. The molecule has 7 nitrogen and oxygen atoms in total. The van der Waals surface area contributed by atoms with Crippen LogP contribution in [0.4, 0.5) is 0 Å². The highest BCUT2D eigenvalue weighted by molar-refractivity contribution is 6.77. The Kier molecular flexibility index (Phi) is 9.44. The maximum Gasteiger partial charge on any atom is 0.200 e. The summed E-state index contributed by atoms with van der Waals surface area (Å²) in [5.74, 6) is -0.594. The van der Waals surface area contributed by atoms with E-state index in [-0.39, 0.29) is 23.7 Å². The summed E-state index contributed by atoms with van der Waals surface area (Å²) in [5, 5.41) is 0. The first-order valence-electron chi connectivity index (χ1n) is 13.7. The first-order chi connectivity index (χ1) is 17.9. The van der Waals surface area contributed by atoms with Gasteiger partial charge >= 0.3 is 0 Å². The van der Waals surface area contributed by atoms with Gasteiger partial charge in [0.2, 0.25) is 8.32 Å². The monoisotopic (exact) mass is 548 g/mol. The molecule has 0 saturated heterocycles. The lowest BCUT2D eigenvalue weighted by Crippen LogP contribution is -2.65. The van der Waals surface area contributed by atoms with Crippen molar-refractivity contribution in [3.63, 3.8) is 0 Å². The van der Waals surface area contributed by atoms with Gasteiger partial charge in [-0.05, 0) is 47.7 Å². The van der Waals surface area contributed by atoms with Crippen LogP contribution in [0.1, 0.15) is 66.4 Å². The van der Waals surface area contributed by atoms with Crippen LogP contribution >= 0.6 is 0 Å². The molecule has 1 aromatic rings. The summed E-state index contributed by atoms with van der Waals surface area (Å²) in [7, 11) is 5.78. The Hall–Kier alpha value is -1.87. The van der Waals surface area contributed by atoms with Crippen molar-refractivity contribution in [2.75, 3.05) is 35.5 Å². The minimum atomic E-state index is -2.32. The maximum atomic E-state index is 14.2. The minimum Gasteiger partial charge on any atom is -0.500 e. The van der Waals surface area contributed by atoms with E-state index in [2.05, 4.69) is 41.5 Å². The first kappa shape index (κ1) is 30.7. The fraction of sp³-hybridized carbons (Fsp3) is 0.700. The normalized spacial score (nSPS) is 25.4. The van der Waals surface area contributed by atoms with Crippen molar-refractivity contribution in [1.82, 2.24) is 0 Å². The molecule has 0 N–H and O–H groups in total. The molecule has 0 spiro atoms. The second-order valence-electron chi connectivity index (χ2n) is 11.6. The lowest BCUT2D eigenvalue weighted by molar-refractivity contribution is -0.290. The fourth-order valence-corrected chi connectivity index (χ4v) is 13.2. The van der Waals surface area contributed by atoms with Gasteiger partial charge in [-0.1, -0.05) is 47.6 Å². The van der Waals surface area contributed by atoms with Crippen molar-refractivity contribution >= 4 is 14.1 Å². The smallest absolute Gasteiger partial charge is 0.200 e. The van der Waals surface area contributed by atoms with Gasteiger partial charge in [-0.3, -0.25) is 4.79 Å². The zero-order valence-electron chi connectivity index (χ0n) is 25.3. The average Bonchev–Trinajstić information content (AvgIpc) is 2.89. The SMILES string of the molecule is COC1=C(C)C(=O)[C@@H]2[C@H](c3ccc(OC)c(OC)c3)[C@@H](O[Si](C(C)C)(C(C)C)C(C)C)C[C@H]1C2(OC)OC. The molecule has 38 heavy (non-hydrogen) atoms. The number of ether oxygens (including phenoxy) is 5. The molecular weight excluding hydrogens is 500 g/mol. The number of carbonyl (C=O) groups is 1.